The van der Waals surface area contributed by atoms with Gasteiger partial charge in [-0.05, 0) is 36.2 Å². The van der Waals surface area contributed by atoms with Crippen LogP contribution in [-0.2, 0) is 4.79 Å². The van der Waals surface area contributed by atoms with Crippen molar-refractivity contribution in [2.45, 2.75) is 20.3 Å². The second kappa shape index (κ2) is 8.95. The molecule has 0 aliphatic rings. The molecule has 0 atom stereocenters. The van der Waals surface area contributed by atoms with E-state index in [-0.39, 0.29) is 23.9 Å². The molecular weight excluding hydrogens is 384 g/mol. The number of nitro benzene ring substituents is 1. The van der Waals surface area contributed by atoms with Crippen molar-refractivity contribution in [1.29, 1.82) is 0 Å². The molecule has 0 fully saturated rings. The predicted molar refractivity (Wildman–Crippen MR) is 116 cm³/mol. The van der Waals surface area contributed by atoms with Crippen molar-refractivity contribution in [1.82, 2.24) is 5.43 Å². The molecule has 2 amide bonds. The van der Waals surface area contributed by atoms with Crippen LogP contribution in [0.4, 0.5) is 11.4 Å². The lowest BCUT2D eigenvalue weighted by molar-refractivity contribution is -0.384. The molecule has 3 aromatic rings. The summed E-state index contributed by atoms with van der Waals surface area (Å²) in [5.41, 5.74) is 4.31. The number of anilines is 1. The predicted octanol–water partition coefficient (Wildman–Crippen LogP) is 4.19. The average Bonchev–Trinajstić information content (AvgIpc) is 2.73. The van der Waals surface area contributed by atoms with Gasteiger partial charge in [-0.25, -0.2) is 5.43 Å². The first-order chi connectivity index (χ1) is 14.3. The van der Waals surface area contributed by atoms with Gasteiger partial charge in [0.2, 0.25) is 5.91 Å². The SMILES string of the molecule is CC(CC(=O)Nc1cc([N+](=O)[O-])ccc1C)=NNC(=O)c1cccc2ccccc12. The Bertz CT molecular complexity index is 1170. The van der Waals surface area contributed by atoms with Gasteiger partial charge in [0.05, 0.1) is 17.0 Å². The number of nitrogens with one attached hydrogen (secondary N) is 2. The topological polar surface area (TPSA) is 114 Å². The molecule has 0 heterocycles. The van der Waals surface area contributed by atoms with Crippen LogP contribution in [0, 0.1) is 17.0 Å². The number of benzene rings is 3. The second-order valence-corrected chi connectivity index (χ2v) is 6.80. The van der Waals surface area contributed by atoms with Crippen molar-refractivity contribution < 1.29 is 14.5 Å². The zero-order valence-corrected chi connectivity index (χ0v) is 16.5. The molecule has 8 nitrogen and oxygen atoms in total. The molecule has 0 spiro atoms. The lowest BCUT2D eigenvalue weighted by Crippen LogP contribution is -2.22. The van der Waals surface area contributed by atoms with Crippen LogP contribution < -0.4 is 10.7 Å². The molecule has 0 saturated carbocycles. The molecule has 0 aliphatic carbocycles. The average molecular weight is 404 g/mol. The van der Waals surface area contributed by atoms with Gasteiger partial charge >= 0.3 is 0 Å². The summed E-state index contributed by atoms with van der Waals surface area (Å²) in [5.74, 6) is -0.764. The lowest BCUT2D eigenvalue weighted by Gasteiger charge is -2.09. The first-order valence-electron chi connectivity index (χ1n) is 9.21. The van der Waals surface area contributed by atoms with Gasteiger partial charge in [-0.2, -0.15) is 5.10 Å². The molecule has 30 heavy (non-hydrogen) atoms. The fourth-order valence-corrected chi connectivity index (χ4v) is 2.95. The van der Waals surface area contributed by atoms with Crippen LogP contribution in [0.1, 0.15) is 29.3 Å². The fourth-order valence-electron chi connectivity index (χ4n) is 2.95. The smallest absolute Gasteiger partial charge is 0.271 e. The van der Waals surface area contributed by atoms with E-state index in [1.54, 1.807) is 32.0 Å². The van der Waals surface area contributed by atoms with Crippen LogP contribution in [0.5, 0.6) is 0 Å². The second-order valence-electron chi connectivity index (χ2n) is 6.80. The van der Waals surface area contributed by atoms with E-state index in [4.69, 9.17) is 0 Å². The monoisotopic (exact) mass is 404 g/mol. The molecular formula is C22H20N4O4. The Balaban J connectivity index is 1.65. The van der Waals surface area contributed by atoms with Crippen molar-refractivity contribution in [3.63, 3.8) is 0 Å². The molecule has 0 unspecified atom stereocenters. The van der Waals surface area contributed by atoms with Crippen LogP contribution in [-0.4, -0.2) is 22.4 Å². The fraction of sp³-hybridized carbons (Fsp3) is 0.136. The van der Waals surface area contributed by atoms with Crippen molar-refractivity contribution in [3.05, 3.63) is 81.9 Å². The number of fused-ring (bicyclic) bond motifs is 1. The third-order valence-corrected chi connectivity index (χ3v) is 4.51. The molecule has 0 aliphatic heterocycles. The van der Waals surface area contributed by atoms with E-state index in [0.29, 0.717) is 22.5 Å². The Kier molecular flexibility index (Phi) is 6.17. The summed E-state index contributed by atoms with van der Waals surface area (Å²) in [6.07, 6.45) is -0.0715. The van der Waals surface area contributed by atoms with Gasteiger partial charge < -0.3 is 5.32 Å². The van der Waals surface area contributed by atoms with E-state index in [2.05, 4.69) is 15.8 Å². The highest BCUT2D eigenvalue weighted by molar-refractivity contribution is 6.09. The van der Waals surface area contributed by atoms with Gasteiger partial charge in [0.1, 0.15) is 0 Å². The molecule has 152 valence electrons. The maximum absolute atomic E-state index is 12.5. The number of nitrogens with zero attached hydrogens (tertiary/aromatic N) is 2. The van der Waals surface area contributed by atoms with E-state index < -0.39 is 4.92 Å². The van der Waals surface area contributed by atoms with Crippen LogP contribution in [0.25, 0.3) is 10.8 Å². The zero-order valence-electron chi connectivity index (χ0n) is 16.5. The number of amides is 2. The van der Waals surface area contributed by atoms with Gasteiger partial charge in [0.15, 0.2) is 0 Å². The summed E-state index contributed by atoms with van der Waals surface area (Å²) in [4.78, 5) is 35.2. The van der Waals surface area contributed by atoms with Gasteiger partial charge in [0, 0.05) is 23.4 Å². The third-order valence-electron chi connectivity index (χ3n) is 4.51. The molecule has 3 aromatic carbocycles. The Hall–Kier alpha value is -4.07. The Labute approximate surface area is 172 Å². The van der Waals surface area contributed by atoms with Crippen LogP contribution in [0.3, 0.4) is 0 Å². The Morgan fingerprint density at radius 2 is 1.80 bits per heavy atom. The van der Waals surface area contributed by atoms with Gasteiger partial charge in [0.25, 0.3) is 11.6 Å². The number of nitro groups is 1. The van der Waals surface area contributed by atoms with Gasteiger partial charge in [-0.1, -0.05) is 42.5 Å². The number of hydrogen-bond donors (Lipinski definition) is 2. The molecule has 0 saturated heterocycles. The summed E-state index contributed by atoms with van der Waals surface area (Å²) >= 11 is 0. The maximum Gasteiger partial charge on any atom is 0.271 e. The number of hydrazone groups is 1. The third kappa shape index (κ3) is 4.85. The standard InChI is InChI=1S/C22H20N4O4/c1-14-10-11-17(26(29)30)13-20(14)23-21(27)12-15(2)24-25-22(28)19-9-5-7-16-6-3-4-8-18(16)19/h3-11,13H,12H2,1-2H3,(H,23,27)(H,25,28). The number of carbonyl (C=O) groups is 2. The minimum absolute atomic E-state index is 0.0715. The molecule has 0 bridgehead atoms. The van der Waals surface area contributed by atoms with E-state index in [1.807, 2.05) is 30.3 Å². The van der Waals surface area contributed by atoms with Gasteiger partial charge in [-0.3, -0.25) is 19.7 Å². The Morgan fingerprint density at radius 1 is 1.07 bits per heavy atom. The Morgan fingerprint density at radius 3 is 2.57 bits per heavy atom. The number of aryl methyl sites for hydroxylation is 1. The van der Waals surface area contributed by atoms with Crippen molar-refractivity contribution in [3.8, 4) is 0 Å². The molecule has 2 N–H and O–H groups in total. The largest absolute Gasteiger partial charge is 0.325 e. The van der Waals surface area contributed by atoms with Crippen molar-refractivity contribution >= 4 is 39.7 Å². The molecule has 0 aromatic heterocycles. The first kappa shape index (κ1) is 20.7. The van der Waals surface area contributed by atoms with Gasteiger partial charge in [-0.15, -0.1) is 0 Å². The number of rotatable bonds is 6. The van der Waals surface area contributed by atoms with E-state index >= 15 is 0 Å². The first-order valence-corrected chi connectivity index (χ1v) is 9.21. The molecule has 0 radical (unpaired) electrons. The van der Waals surface area contributed by atoms with Crippen molar-refractivity contribution in [2.75, 3.05) is 5.32 Å². The quantitative estimate of drug-likeness (QED) is 0.364. The summed E-state index contributed by atoms with van der Waals surface area (Å²) in [5, 5.41) is 19.3. The van der Waals surface area contributed by atoms with Crippen molar-refractivity contribution in [2.24, 2.45) is 5.10 Å². The zero-order chi connectivity index (χ0) is 21.7. The number of carbonyl (C=O) groups excluding carboxylic acids is 2. The van der Waals surface area contributed by atoms with E-state index in [0.717, 1.165) is 10.8 Å². The summed E-state index contributed by atoms with van der Waals surface area (Å²) in [6.45, 7) is 3.36. The highest BCUT2D eigenvalue weighted by atomic mass is 16.6. The minimum Gasteiger partial charge on any atom is -0.325 e. The van der Waals surface area contributed by atoms with Crippen LogP contribution in [0.2, 0.25) is 0 Å². The van der Waals surface area contributed by atoms with E-state index in [9.17, 15) is 19.7 Å². The highest BCUT2D eigenvalue weighted by Crippen LogP contribution is 2.22. The number of hydrogen-bond acceptors (Lipinski definition) is 5. The van der Waals surface area contributed by atoms with Crippen LogP contribution >= 0.6 is 0 Å². The maximum atomic E-state index is 12.5. The minimum atomic E-state index is -0.523. The van der Waals surface area contributed by atoms with E-state index in [1.165, 1.54) is 12.1 Å². The normalized spacial score (nSPS) is 11.2. The molecule has 8 heteroatoms. The number of non-ortho nitro benzene ring substituents is 1. The highest BCUT2D eigenvalue weighted by Gasteiger charge is 2.13. The summed E-state index contributed by atoms with van der Waals surface area (Å²) in [6, 6.07) is 17.2. The summed E-state index contributed by atoms with van der Waals surface area (Å²) in [7, 11) is 0. The van der Waals surface area contributed by atoms with Crippen LogP contribution in [0.15, 0.2) is 65.8 Å². The summed E-state index contributed by atoms with van der Waals surface area (Å²) < 4.78 is 0. The molecule has 3 rings (SSSR count). The lowest BCUT2D eigenvalue weighted by atomic mass is 10.0.